The maximum Gasteiger partial charge on any atom is 0.159 e. The summed E-state index contributed by atoms with van der Waals surface area (Å²) in [5.41, 5.74) is 3.57. The molecule has 0 radical (unpaired) electrons. The van der Waals surface area contributed by atoms with E-state index in [0.29, 0.717) is 17.2 Å². The van der Waals surface area contributed by atoms with Crippen LogP contribution in [0.15, 0.2) is 36.4 Å². The van der Waals surface area contributed by atoms with Gasteiger partial charge in [-0.15, -0.1) is 0 Å². The average Bonchev–Trinajstić information content (AvgIpc) is 2.87. The molecule has 0 saturated heterocycles. The third-order valence-electron chi connectivity index (χ3n) is 4.57. The zero-order chi connectivity index (χ0) is 18.1. The van der Waals surface area contributed by atoms with Gasteiger partial charge in [-0.1, -0.05) is 21.3 Å². The van der Waals surface area contributed by atoms with Gasteiger partial charge < -0.3 is 9.88 Å². The number of aromatic nitrogens is 1. The molecule has 0 amide bonds. The van der Waals surface area contributed by atoms with Gasteiger partial charge >= 0.3 is 0 Å². The zero-order valence-electron chi connectivity index (χ0n) is 15.2. The van der Waals surface area contributed by atoms with Crippen LogP contribution in [-0.4, -0.2) is 28.7 Å². The van der Waals surface area contributed by atoms with E-state index in [1.54, 1.807) is 13.8 Å². The molecule has 0 fully saturated rings. The smallest absolute Gasteiger partial charge is 0.159 e. The van der Waals surface area contributed by atoms with Crippen LogP contribution in [0.3, 0.4) is 0 Å². The molecule has 0 aliphatic heterocycles. The Morgan fingerprint density at radius 2 is 1.38 bits per heavy atom. The first-order valence-electron chi connectivity index (χ1n) is 8.69. The second-order valence-corrected chi connectivity index (χ2v) is 6.84. The van der Waals surface area contributed by atoms with Crippen LogP contribution < -0.4 is 5.32 Å². The van der Waals surface area contributed by atoms with Gasteiger partial charge in [-0.25, -0.2) is 0 Å². The number of nitrogens with zero attached hydrogens (tertiary/aromatic N) is 1. The van der Waals surface area contributed by atoms with Crippen molar-refractivity contribution in [2.75, 3.05) is 6.54 Å². The van der Waals surface area contributed by atoms with Gasteiger partial charge in [-0.05, 0) is 50.2 Å². The Morgan fingerprint density at radius 3 is 1.77 bits per heavy atom. The van der Waals surface area contributed by atoms with Crippen LogP contribution in [0.1, 0.15) is 55.8 Å². The van der Waals surface area contributed by atoms with E-state index in [1.807, 2.05) is 36.4 Å². The Morgan fingerprint density at radius 1 is 0.923 bits per heavy atom. The first kappa shape index (κ1) is 19.9. The highest BCUT2D eigenvalue weighted by Gasteiger charge is 2.14. The van der Waals surface area contributed by atoms with Gasteiger partial charge in [0.05, 0.1) is 0 Å². The lowest BCUT2D eigenvalue weighted by Crippen LogP contribution is -2.26. The number of carbonyl (C=O) groups excluding carboxylic acids is 2. The first-order valence-corrected chi connectivity index (χ1v) is 8.69. The largest absolute Gasteiger partial charge is 0.339 e. The fourth-order valence-corrected chi connectivity index (χ4v) is 3.25. The predicted molar refractivity (Wildman–Crippen MR) is 109 cm³/mol. The molecule has 0 spiro atoms. The SMILES string of the molecule is C.CC(=O)c1ccc2c(c1)c1cc(C(C)=O)ccc1n2CCNC(C)C. The second-order valence-electron chi connectivity index (χ2n) is 6.84. The summed E-state index contributed by atoms with van der Waals surface area (Å²) in [4.78, 5) is 23.6. The van der Waals surface area contributed by atoms with Crippen molar-refractivity contribution in [2.24, 2.45) is 0 Å². The van der Waals surface area contributed by atoms with Crippen LogP contribution in [0.5, 0.6) is 0 Å². The summed E-state index contributed by atoms with van der Waals surface area (Å²) >= 11 is 0. The molecule has 1 N–H and O–H groups in total. The molecule has 2 aromatic carbocycles. The van der Waals surface area contributed by atoms with Crippen molar-refractivity contribution in [3.05, 3.63) is 47.5 Å². The molecule has 138 valence electrons. The number of fused-ring (bicyclic) bond motifs is 3. The Hall–Kier alpha value is -2.46. The summed E-state index contributed by atoms with van der Waals surface area (Å²) < 4.78 is 2.26. The Balaban J connectivity index is 0.00000243. The summed E-state index contributed by atoms with van der Waals surface area (Å²) in [6.45, 7) is 9.10. The molecule has 0 aliphatic carbocycles. The van der Waals surface area contributed by atoms with E-state index in [0.717, 1.165) is 34.9 Å². The lowest BCUT2D eigenvalue weighted by molar-refractivity contribution is 0.100. The second kappa shape index (κ2) is 7.83. The van der Waals surface area contributed by atoms with E-state index in [4.69, 9.17) is 0 Å². The standard InChI is InChI=1S/C21H24N2O2.CH4/c1-13(2)22-9-10-23-20-7-5-16(14(3)24)11-18(20)19-12-17(15(4)25)6-8-21(19)23;/h5-8,11-13,22H,9-10H2,1-4H3;1H4. The molecule has 0 aliphatic rings. The van der Waals surface area contributed by atoms with Gasteiger partial charge in [-0.3, -0.25) is 9.59 Å². The van der Waals surface area contributed by atoms with Crippen molar-refractivity contribution in [3.63, 3.8) is 0 Å². The highest BCUT2D eigenvalue weighted by atomic mass is 16.1. The van der Waals surface area contributed by atoms with Crippen LogP contribution in [-0.2, 0) is 6.54 Å². The maximum absolute atomic E-state index is 11.8. The normalized spacial score (nSPS) is 11.1. The number of rotatable bonds is 6. The minimum absolute atomic E-state index is 0. The van der Waals surface area contributed by atoms with Gasteiger partial charge in [0.2, 0.25) is 0 Å². The lowest BCUT2D eigenvalue weighted by atomic mass is 10.0. The summed E-state index contributed by atoms with van der Waals surface area (Å²) in [6, 6.07) is 12.1. The van der Waals surface area contributed by atoms with Gasteiger partial charge in [0.15, 0.2) is 11.6 Å². The highest BCUT2D eigenvalue weighted by Crippen LogP contribution is 2.31. The predicted octanol–water partition coefficient (Wildman–Crippen LogP) is 4.83. The average molecular weight is 352 g/mol. The molecule has 1 heterocycles. The molecule has 1 aromatic heterocycles. The Labute approximate surface area is 155 Å². The van der Waals surface area contributed by atoms with Crippen molar-refractivity contribution in [1.82, 2.24) is 9.88 Å². The highest BCUT2D eigenvalue weighted by molar-refractivity contribution is 6.12. The number of hydrogen-bond donors (Lipinski definition) is 1. The van der Waals surface area contributed by atoms with E-state index in [2.05, 4.69) is 23.7 Å². The van der Waals surface area contributed by atoms with Gasteiger partial charge in [-0.2, -0.15) is 0 Å². The van der Waals surface area contributed by atoms with E-state index in [-0.39, 0.29) is 19.0 Å². The molecule has 26 heavy (non-hydrogen) atoms. The summed E-state index contributed by atoms with van der Waals surface area (Å²) in [5, 5.41) is 5.49. The first-order chi connectivity index (χ1) is 11.9. The van der Waals surface area contributed by atoms with E-state index >= 15 is 0 Å². The molecule has 0 saturated carbocycles. The molecule has 0 atom stereocenters. The Kier molecular flexibility index (Phi) is 5.98. The minimum Gasteiger partial charge on any atom is -0.339 e. The number of benzene rings is 2. The van der Waals surface area contributed by atoms with Crippen LogP contribution in [0.4, 0.5) is 0 Å². The van der Waals surface area contributed by atoms with Crippen LogP contribution in [0, 0.1) is 0 Å². The van der Waals surface area contributed by atoms with Crippen LogP contribution >= 0.6 is 0 Å². The van der Waals surface area contributed by atoms with Gasteiger partial charge in [0.1, 0.15) is 0 Å². The van der Waals surface area contributed by atoms with Crippen LogP contribution in [0.25, 0.3) is 21.8 Å². The molecular formula is C22H28N2O2. The number of ketones is 2. The number of hydrogen-bond acceptors (Lipinski definition) is 3. The number of carbonyl (C=O) groups is 2. The molecule has 0 bridgehead atoms. The fourth-order valence-electron chi connectivity index (χ4n) is 3.25. The molecule has 3 aromatic rings. The zero-order valence-corrected chi connectivity index (χ0v) is 15.2. The van der Waals surface area contributed by atoms with Crippen molar-refractivity contribution in [3.8, 4) is 0 Å². The fraction of sp³-hybridized carbons (Fsp3) is 0.364. The van der Waals surface area contributed by atoms with Crippen molar-refractivity contribution >= 4 is 33.4 Å². The van der Waals surface area contributed by atoms with Crippen LogP contribution in [0.2, 0.25) is 0 Å². The van der Waals surface area contributed by atoms with Crippen molar-refractivity contribution in [1.29, 1.82) is 0 Å². The summed E-state index contributed by atoms with van der Waals surface area (Å²) in [6.07, 6.45) is 0. The molecule has 4 heteroatoms. The molecule has 3 rings (SSSR count). The van der Waals surface area contributed by atoms with Gasteiger partial charge in [0.25, 0.3) is 0 Å². The monoisotopic (exact) mass is 352 g/mol. The third-order valence-corrected chi connectivity index (χ3v) is 4.57. The maximum atomic E-state index is 11.8. The molecular weight excluding hydrogens is 324 g/mol. The van der Waals surface area contributed by atoms with E-state index in [9.17, 15) is 9.59 Å². The summed E-state index contributed by atoms with van der Waals surface area (Å²) in [5.74, 6) is 0.0963. The third kappa shape index (κ3) is 3.70. The summed E-state index contributed by atoms with van der Waals surface area (Å²) in [7, 11) is 0. The number of Topliss-reactive ketones (excluding diaryl/α,β-unsaturated/α-hetero) is 2. The van der Waals surface area contributed by atoms with Gasteiger partial charge in [0, 0.05) is 52.1 Å². The topological polar surface area (TPSA) is 51.1 Å². The number of nitrogens with one attached hydrogen (secondary N) is 1. The van der Waals surface area contributed by atoms with E-state index in [1.165, 1.54) is 0 Å². The Bertz CT molecular complexity index is 896. The quantitative estimate of drug-likeness (QED) is 0.646. The molecule has 0 unspecified atom stereocenters. The lowest BCUT2D eigenvalue weighted by Gasteiger charge is -2.11. The molecule has 4 nitrogen and oxygen atoms in total. The van der Waals surface area contributed by atoms with Crippen molar-refractivity contribution < 1.29 is 9.59 Å². The van der Waals surface area contributed by atoms with E-state index < -0.39 is 0 Å². The minimum atomic E-state index is 0. The van der Waals surface area contributed by atoms with Crippen molar-refractivity contribution in [2.45, 2.75) is 47.7 Å².